The first-order valence-electron chi connectivity index (χ1n) is 7.60. The van der Waals surface area contributed by atoms with Gasteiger partial charge >= 0.3 is 0 Å². The van der Waals surface area contributed by atoms with Crippen LogP contribution in [0.2, 0.25) is 0 Å². The zero-order chi connectivity index (χ0) is 15.4. The van der Waals surface area contributed by atoms with Gasteiger partial charge in [0.1, 0.15) is 0 Å². The van der Waals surface area contributed by atoms with Crippen molar-refractivity contribution in [2.75, 3.05) is 5.73 Å². The van der Waals surface area contributed by atoms with Gasteiger partial charge in [0.2, 0.25) is 0 Å². The number of benzene rings is 2. The number of nitrogens with zero attached hydrogens (tertiary/aromatic N) is 1. The number of hydrogen-bond acceptors (Lipinski definition) is 2. The van der Waals surface area contributed by atoms with E-state index in [1.54, 1.807) is 0 Å². The number of anilines is 1. The van der Waals surface area contributed by atoms with Gasteiger partial charge in [0.05, 0.1) is 0 Å². The smallest absolute Gasteiger partial charge is 0.0317 e. The predicted octanol–water partition coefficient (Wildman–Crippen LogP) is 4.30. The van der Waals surface area contributed by atoms with Crippen LogP contribution in [-0.4, -0.2) is 10.9 Å². The van der Waals surface area contributed by atoms with Crippen molar-refractivity contribution in [1.29, 1.82) is 0 Å². The van der Waals surface area contributed by atoms with Crippen LogP contribution in [0, 0.1) is 13.8 Å². The van der Waals surface area contributed by atoms with E-state index < -0.39 is 0 Å². The van der Waals surface area contributed by atoms with Crippen LogP contribution in [-0.2, 0) is 13.1 Å². The lowest BCUT2D eigenvalue weighted by atomic mass is 10.0. The second-order valence-electron chi connectivity index (χ2n) is 6.17. The summed E-state index contributed by atoms with van der Waals surface area (Å²) in [6, 6.07) is 15.4. The van der Waals surface area contributed by atoms with Crippen LogP contribution in [0.4, 0.5) is 5.69 Å². The van der Waals surface area contributed by atoms with E-state index in [0.29, 0.717) is 6.04 Å². The van der Waals surface area contributed by atoms with Gasteiger partial charge in [-0.2, -0.15) is 0 Å². The van der Waals surface area contributed by atoms with Crippen molar-refractivity contribution in [2.45, 2.75) is 46.8 Å². The maximum Gasteiger partial charge on any atom is 0.0317 e. The van der Waals surface area contributed by atoms with Crippen molar-refractivity contribution >= 4 is 5.69 Å². The van der Waals surface area contributed by atoms with Crippen LogP contribution < -0.4 is 5.73 Å². The molecule has 0 saturated carbocycles. The highest BCUT2D eigenvalue weighted by molar-refractivity contribution is 5.40. The first kappa shape index (κ1) is 15.6. The van der Waals surface area contributed by atoms with Crippen molar-refractivity contribution in [3.05, 3.63) is 64.7 Å². The molecular weight excluding hydrogens is 256 g/mol. The molecule has 0 unspecified atom stereocenters. The Balaban J connectivity index is 2.18. The van der Waals surface area contributed by atoms with Gasteiger partial charge in [0.15, 0.2) is 0 Å². The Labute approximate surface area is 128 Å². The monoisotopic (exact) mass is 282 g/mol. The number of nitrogen functional groups attached to an aromatic ring is 1. The van der Waals surface area contributed by atoms with E-state index in [9.17, 15) is 0 Å². The summed E-state index contributed by atoms with van der Waals surface area (Å²) in [5, 5.41) is 0. The highest BCUT2D eigenvalue weighted by Crippen LogP contribution is 2.18. The summed E-state index contributed by atoms with van der Waals surface area (Å²) >= 11 is 0. The summed E-state index contributed by atoms with van der Waals surface area (Å²) in [4.78, 5) is 2.48. The molecule has 0 aliphatic heterocycles. The predicted molar refractivity (Wildman–Crippen MR) is 91.2 cm³/mol. The van der Waals surface area contributed by atoms with Crippen molar-refractivity contribution < 1.29 is 0 Å². The number of hydrogen-bond donors (Lipinski definition) is 1. The number of aryl methyl sites for hydroxylation is 2. The van der Waals surface area contributed by atoms with Gasteiger partial charge in [-0.15, -0.1) is 0 Å². The summed E-state index contributed by atoms with van der Waals surface area (Å²) < 4.78 is 0. The average Bonchev–Trinajstić information content (AvgIpc) is 2.42. The fraction of sp³-hybridized carbons (Fsp3) is 0.368. The van der Waals surface area contributed by atoms with Gasteiger partial charge in [0.25, 0.3) is 0 Å². The van der Waals surface area contributed by atoms with Gasteiger partial charge in [-0.1, -0.05) is 35.9 Å². The molecule has 0 radical (unpaired) electrons. The second kappa shape index (κ2) is 6.77. The van der Waals surface area contributed by atoms with Crippen molar-refractivity contribution in [2.24, 2.45) is 0 Å². The molecule has 21 heavy (non-hydrogen) atoms. The zero-order valence-corrected chi connectivity index (χ0v) is 13.6. The second-order valence-corrected chi connectivity index (χ2v) is 6.17. The molecule has 2 rings (SSSR count). The molecular formula is C19H26N2. The summed E-state index contributed by atoms with van der Waals surface area (Å²) in [6.07, 6.45) is 0. The minimum absolute atomic E-state index is 0.492. The highest BCUT2D eigenvalue weighted by Gasteiger charge is 2.12. The first-order chi connectivity index (χ1) is 9.95. The third-order valence-electron chi connectivity index (χ3n) is 3.95. The lowest BCUT2D eigenvalue weighted by molar-refractivity contribution is 0.203. The molecule has 0 amide bonds. The molecule has 2 aromatic carbocycles. The van der Waals surface area contributed by atoms with Gasteiger partial charge in [0, 0.05) is 24.8 Å². The van der Waals surface area contributed by atoms with E-state index in [4.69, 9.17) is 5.73 Å². The van der Waals surface area contributed by atoms with E-state index in [1.807, 2.05) is 12.1 Å². The third-order valence-corrected chi connectivity index (χ3v) is 3.95. The summed E-state index contributed by atoms with van der Waals surface area (Å²) in [5.41, 5.74) is 12.1. The SMILES string of the molecule is Cc1ccc(C)c(CN(Cc2cccc(N)c2)C(C)C)c1. The number of rotatable bonds is 5. The normalized spacial score (nSPS) is 11.3. The van der Waals surface area contributed by atoms with E-state index in [0.717, 1.165) is 18.8 Å². The average molecular weight is 282 g/mol. The van der Waals surface area contributed by atoms with E-state index in [1.165, 1.54) is 22.3 Å². The molecule has 0 fully saturated rings. The third kappa shape index (κ3) is 4.33. The van der Waals surface area contributed by atoms with Crippen LogP contribution in [0.5, 0.6) is 0 Å². The lowest BCUT2D eigenvalue weighted by Crippen LogP contribution is -2.30. The van der Waals surface area contributed by atoms with Crippen LogP contribution in [0.3, 0.4) is 0 Å². The van der Waals surface area contributed by atoms with Gasteiger partial charge < -0.3 is 5.73 Å². The molecule has 0 saturated heterocycles. The maximum atomic E-state index is 5.89. The van der Waals surface area contributed by atoms with Crippen LogP contribution in [0.15, 0.2) is 42.5 Å². The Hall–Kier alpha value is -1.80. The first-order valence-corrected chi connectivity index (χ1v) is 7.60. The number of nitrogens with two attached hydrogens (primary N) is 1. The quantitative estimate of drug-likeness (QED) is 0.829. The highest BCUT2D eigenvalue weighted by atomic mass is 15.1. The van der Waals surface area contributed by atoms with E-state index in [-0.39, 0.29) is 0 Å². The maximum absolute atomic E-state index is 5.89. The Bertz CT molecular complexity index is 602. The Morgan fingerprint density at radius 3 is 2.43 bits per heavy atom. The minimum atomic E-state index is 0.492. The van der Waals surface area contributed by atoms with Crippen molar-refractivity contribution in [3.63, 3.8) is 0 Å². The Morgan fingerprint density at radius 2 is 1.76 bits per heavy atom. The summed E-state index contributed by atoms with van der Waals surface area (Å²) in [7, 11) is 0. The molecule has 0 aliphatic rings. The van der Waals surface area contributed by atoms with Gasteiger partial charge in [-0.3, -0.25) is 4.90 Å². The topological polar surface area (TPSA) is 29.3 Å². The van der Waals surface area contributed by atoms with Crippen molar-refractivity contribution in [1.82, 2.24) is 4.90 Å². The van der Waals surface area contributed by atoms with Crippen LogP contribution in [0.25, 0.3) is 0 Å². The van der Waals surface area contributed by atoms with Gasteiger partial charge in [-0.05, 0) is 56.5 Å². The van der Waals surface area contributed by atoms with E-state index >= 15 is 0 Å². The molecule has 0 aliphatic carbocycles. The summed E-state index contributed by atoms with van der Waals surface area (Å²) in [5.74, 6) is 0. The molecule has 112 valence electrons. The Morgan fingerprint density at radius 1 is 1.00 bits per heavy atom. The summed E-state index contributed by atoms with van der Waals surface area (Å²) in [6.45, 7) is 10.7. The standard InChI is InChI=1S/C19H26N2/c1-14(2)21(12-17-6-5-7-19(20)11-17)13-18-10-15(3)8-9-16(18)4/h5-11,14H,12-13,20H2,1-4H3. The van der Waals surface area contributed by atoms with Gasteiger partial charge in [-0.25, -0.2) is 0 Å². The molecule has 0 heterocycles. The van der Waals surface area contributed by atoms with E-state index in [2.05, 4.69) is 62.9 Å². The molecule has 2 heteroatoms. The lowest BCUT2D eigenvalue weighted by Gasteiger charge is -2.27. The fourth-order valence-electron chi connectivity index (χ4n) is 2.54. The molecule has 0 atom stereocenters. The van der Waals surface area contributed by atoms with Crippen LogP contribution in [0.1, 0.15) is 36.1 Å². The van der Waals surface area contributed by atoms with Crippen LogP contribution >= 0.6 is 0 Å². The zero-order valence-electron chi connectivity index (χ0n) is 13.6. The molecule has 0 bridgehead atoms. The molecule has 2 N–H and O–H groups in total. The molecule has 2 nitrogen and oxygen atoms in total. The minimum Gasteiger partial charge on any atom is -0.399 e. The Kier molecular flexibility index (Phi) is 5.03. The fourth-order valence-corrected chi connectivity index (χ4v) is 2.54. The molecule has 2 aromatic rings. The largest absolute Gasteiger partial charge is 0.399 e. The van der Waals surface area contributed by atoms with Crippen molar-refractivity contribution in [3.8, 4) is 0 Å². The molecule has 0 spiro atoms. The molecule has 0 aromatic heterocycles.